The molecule has 1 atom stereocenters. The van der Waals surface area contributed by atoms with E-state index in [2.05, 4.69) is 5.32 Å². The molecule has 3 heteroatoms. The minimum atomic E-state index is -0.183. The van der Waals surface area contributed by atoms with Crippen molar-refractivity contribution in [1.29, 1.82) is 0 Å². The van der Waals surface area contributed by atoms with Crippen LogP contribution in [0.1, 0.15) is 25.8 Å². The topological polar surface area (TPSA) is 21.3 Å². The first-order valence-electron chi connectivity index (χ1n) is 6.15. The van der Waals surface area contributed by atoms with Crippen molar-refractivity contribution in [2.24, 2.45) is 0 Å². The molecule has 0 amide bonds. The molecule has 1 unspecified atom stereocenters. The largest absolute Gasteiger partial charge is 0.379 e. The van der Waals surface area contributed by atoms with E-state index in [9.17, 15) is 4.39 Å². The van der Waals surface area contributed by atoms with Crippen LogP contribution in [-0.2, 0) is 11.2 Å². The van der Waals surface area contributed by atoms with Crippen LogP contribution in [0.25, 0.3) is 0 Å². The first-order chi connectivity index (χ1) is 8.11. The number of nitrogens with one attached hydrogen (secondary N) is 1. The van der Waals surface area contributed by atoms with E-state index >= 15 is 0 Å². The quantitative estimate of drug-likeness (QED) is 0.790. The van der Waals surface area contributed by atoms with Crippen LogP contribution < -0.4 is 5.32 Å². The first kappa shape index (κ1) is 14.1. The average molecular weight is 239 g/mol. The summed E-state index contributed by atoms with van der Waals surface area (Å²) < 4.78 is 18.3. The van der Waals surface area contributed by atoms with E-state index in [1.807, 2.05) is 33.0 Å². The Labute approximate surface area is 103 Å². The van der Waals surface area contributed by atoms with Crippen LogP contribution >= 0.6 is 0 Å². The highest BCUT2D eigenvalue weighted by molar-refractivity contribution is 5.17. The number of likely N-dealkylation sites (N-methyl/N-ethyl adjacent to an activating group) is 1. The SMILES string of the molecule is CNC(CCOC(C)C)Cc1ccc(F)cc1. The Bertz CT molecular complexity index is 311. The summed E-state index contributed by atoms with van der Waals surface area (Å²) in [6.45, 7) is 4.83. The summed E-state index contributed by atoms with van der Waals surface area (Å²) in [6, 6.07) is 7.06. The van der Waals surface area contributed by atoms with Crippen LogP contribution in [-0.4, -0.2) is 25.8 Å². The lowest BCUT2D eigenvalue weighted by atomic mass is 10.0. The predicted octanol–water partition coefficient (Wildman–Crippen LogP) is 2.77. The molecule has 0 saturated carbocycles. The van der Waals surface area contributed by atoms with Crippen LogP contribution in [0.4, 0.5) is 4.39 Å². The maximum atomic E-state index is 12.8. The van der Waals surface area contributed by atoms with Crippen molar-refractivity contribution < 1.29 is 9.13 Å². The zero-order valence-electron chi connectivity index (χ0n) is 10.9. The molecule has 0 heterocycles. The molecule has 1 N–H and O–H groups in total. The first-order valence-corrected chi connectivity index (χ1v) is 6.15. The predicted molar refractivity (Wildman–Crippen MR) is 68.7 cm³/mol. The summed E-state index contributed by atoms with van der Waals surface area (Å²) in [4.78, 5) is 0. The van der Waals surface area contributed by atoms with Crippen molar-refractivity contribution in [3.05, 3.63) is 35.6 Å². The minimum absolute atomic E-state index is 0.183. The molecule has 0 aromatic heterocycles. The number of benzene rings is 1. The van der Waals surface area contributed by atoms with Gasteiger partial charge in [-0.15, -0.1) is 0 Å². The van der Waals surface area contributed by atoms with Gasteiger partial charge in [0.05, 0.1) is 6.10 Å². The van der Waals surface area contributed by atoms with Crippen molar-refractivity contribution in [3.8, 4) is 0 Å². The zero-order chi connectivity index (χ0) is 12.7. The third-order valence-corrected chi connectivity index (χ3v) is 2.72. The maximum absolute atomic E-state index is 12.8. The lowest BCUT2D eigenvalue weighted by Crippen LogP contribution is -2.29. The van der Waals surface area contributed by atoms with Gasteiger partial charge in [-0.05, 0) is 51.4 Å². The molecule has 0 fully saturated rings. The highest BCUT2D eigenvalue weighted by atomic mass is 19.1. The molecule has 96 valence electrons. The zero-order valence-corrected chi connectivity index (χ0v) is 10.9. The van der Waals surface area contributed by atoms with Crippen molar-refractivity contribution in [2.75, 3.05) is 13.7 Å². The Hall–Kier alpha value is -0.930. The van der Waals surface area contributed by atoms with E-state index < -0.39 is 0 Å². The second-order valence-corrected chi connectivity index (χ2v) is 4.52. The summed E-state index contributed by atoms with van der Waals surface area (Å²) in [6.07, 6.45) is 2.14. The van der Waals surface area contributed by atoms with Gasteiger partial charge in [0, 0.05) is 12.6 Å². The molecule has 0 aliphatic heterocycles. The number of halogens is 1. The fourth-order valence-electron chi connectivity index (χ4n) is 1.70. The van der Waals surface area contributed by atoms with E-state index in [1.165, 1.54) is 12.1 Å². The van der Waals surface area contributed by atoms with Gasteiger partial charge in [0.1, 0.15) is 5.82 Å². The Morgan fingerprint density at radius 1 is 1.24 bits per heavy atom. The van der Waals surface area contributed by atoms with E-state index in [4.69, 9.17) is 4.74 Å². The molecule has 0 aliphatic rings. The number of hydrogen-bond acceptors (Lipinski definition) is 2. The molecule has 17 heavy (non-hydrogen) atoms. The summed E-state index contributed by atoms with van der Waals surface area (Å²) >= 11 is 0. The molecule has 2 nitrogen and oxygen atoms in total. The Kier molecular flexibility index (Phi) is 6.16. The highest BCUT2D eigenvalue weighted by Crippen LogP contribution is 2.08. The lowest BCUT2D eigenvalue weighted by molar-refractivity contribution is 0.0720. The maximum Gasteiger partial charge on any atom is 0.123 e. The van der Waals surface area contributed by atoms with E-state index in [-0.39, 0.29) is 11.9 Å². The molecule has 0 saturated heterocycles. The molecule has 0 aliphatic carbocycles. The van der Waals surface area contributed by atoms with Crippen molar-refractivity contribution in [3.63, 3.8) is 0 Å². The number of rotatable bonds is 7. The fraction of sp³-hybridized carbons (Fsp3) is 0.571. The van der Waals surface area contributed by atoms with Gasteiger partial charge in [-0.25, -0.2) is 4.39 Å². The summed E-state index contributed by atoms with van der Waals surface area (Å²) in [5, 5.41) is 3.27. The summed E-state index contributed by atoms with van der Waals surface area (Å²) in [7, 11) is 1.95. The van der Waals surface area contributed by atoms with Gasteiger partial charge in [0.2, 0.25) is 0 Å². The number of ether oxygens (including phenoxy) is 1. The van der Waals surface area contributed by atoms with E-state index in [1.54, 1.807) is 0 Å². The summed E-state index contributed by atoms with van der Waals surface area (Å²) in [5.41, 5.74) is 1.15. The van der Waals surface area contributed by atoms with Crippen LogP contribution in [0.3, 0.4) is 0 Å². The van der Waals surface area contributed by atoms with Gasteiger partial charge < -0.3 is 10.1 Å². The minimum Gasteiger partial charge on any atom is -0.379 e. The molecule has 1 aromatic carbocycles. The molecule has 0 spiro atoms. The third kappa shape index (κ3) is 5.80. The second kappa shape index (κ2) is 7.41. The van der Waals surface area contributed by atoms with E-state index in [0.717, 1.165) is 25.0 Å². The summed E-state index contributed by atoms with van der Waals surface area (Å²) in [5.74, 6) is -0.183. The average Bonchev–Trinajstić information content (AvgIpc) is 2.30. The Balaban J connectivity index is 2.38. The molecule has 0 radical (unpaired) electrons. The Morgan fingerprint density at radius 2 is 1.88 bits per heavy atom. The van der Waals surface area contributed by atoms with Crippen LogP contribution in [0.2, 0.25) is 0 Å². The van der Waals surface area contributed by atoms with Gasteiger partial charge in [-0.3, -0.25) is 0 Å². The Morgan fingerprint density at radius 3 is 2.41 bits per heavy atom. The monoisotopic (exact) mass is 239 g/mol. The smallest absolute Gasteiger partial charge is 0.123 e. The normalized spacial score (nSPS) is 13.0. The fourth-order valence-corrected chi connectivity index (χ4v) is 1.70. The van der Waals surface area contributed by atoms with Crippen LogP contribution in [0.5, 0.6) is 0 Å². The van der Waals surface area contributed by atoms with Crippen molar-refractivity contribution >= 4 is 0 Å². The molecular formula is C14H22FNO. The second-order valence-electron chi connectivity index (χ2n) is 4.52. The van der Waals surface area contributed by atoms with Gasteiger partial charge in [-0.1, -0.05) is 12.1 Å². The van der Waals surface area contributed by atoms with Gasteiger partial charge >= 0.3 is 0 Å². The van der Waals surface area contributed by atoms with Gasteiger partial charge in [0.15, 0.2) is 0 Å². The number of hydrogen-bond donors (Lipinski definition) is 1. The highest BCUT2D eigenvalue weighted by Gasteiger charge is 2.07. The van der Waals surface area contributed by atoms with Crippen molar-refractivity contribution in [2.45, 2.75) is 38.8 Å². The van der Waals surface area contributed by atoms with Gasteiger partial charge in [-0.2, -0.15) is 0 Å². The molecular weight excluding hydrogens is 217 g/mol. The molecule has 0 bridgehead atoms. The van der Waals surface area contributed by atoms with Gasteiger partial charge in [0.25, 0.3) is 0 Å². The van der Waals surface area contributed by atoms with Crippen molar-refractivity contribution in [1.82, 2.24) is 5.32 Å². The van der Waals surface area contributed by atoms with Crippen LogP contribution in [0.15, 0.2) is 24.3 Å². The molecule has 1 aromatic rings. The third-order valence-electron chi connectivity index (χ3n) is 2.72. The van der Waals surface area contributed by atoms with E-state index in [0.29, 0.717) is 6.04 Å². The van der Waals surface area contributed by atoms with Crippen LogP contribution in [0, 0.1) is 5.82 Å². The standard InChI is InChI=1S/C14H22FNO/c1-11(2)17-9-8-14(16-3)10-12-4-6-13(15)7-5-12/h4-7,11,14,16H,8-10H2,1-3H3. The lowest BCUT2D eigenvalue weighted by Gasteiger charge is -2.17. The molecule has 1 rings (SSSR count).